The number of fused-ring (bicyclic) bond motifs is 3. The molecule has 0 amide bonds. The molecule has 0 radical (unpaired) electrons. The van der Waals surface area contributed by atoms with Crippen LogP contribution in [0.25, 0.3) is 11.1 Å². The summed E-state index contributed by atoms with van der Waals surface area (Å²) in [5.74, 6) is 0. The molecule has 15 heavy (non-hydrogen) atoms. The first-order valence-electron chi connectivity index (χ1n) is 5.28. The van der Waals surface area contributed by atoms with Gasteiger partial charge in [0, 0.05) is 16.8 Å². The van der Waals surface area contributed by atoms with Crippen molar-refractivity contribution in [3.8, 4) is 11.1 Å². The first kappa shape index (κ1) is 8.53. The van der Waals surface area contributed by atoms with E-state index in [0.717, 1.165) is 13.0 Å². The third kappa shape index (κ3) is 1.23. The predicted molar refractivity (Wildman–Crippen MR) is 60.7 cm³/mol. The summed E-state index contributed by atoms with van der Waals surface area (Å²) in [7, 11) is 0. The van der Waals surface area contributed by atoms with Gasteiger partial charge in [0.05, 0.1) is 18.4 Å². The van der Waals surface area contributed by atoms with Crippen molar-refractivity contribution in [2.24, 2.45) is 0 Å². The SMILES string of the molecule is CCc1ccc2c(c1)-c1cn[nH]c1CN2. The van der Waals surface area contributed by atoms with Crippen molar-refractivity contribution in [1.29, 1.82) is 0 Å². The highest BCUT2D eigenvalue weighted by Crippen LogP contribution is 2.34. The van der Waals surface area contributed by atoms with Crippen molar-refractivity contribution in [3.05, 3.63) is 35.7 Å². The summed E-state index contributed by atoms with van der Waals surface area (Å²) in [5.41, 5.74) is 6.25. The molecule has 1 aromatic carbocycles. The summed E-state index contributed by atoms with van der Waals surface area (Å²) >= 11 is 0. The third-order valence-corrected chi connectivity index (χ3v) is 2.96. The molecule has 3 rings (SSSR count). The van der Waals surface area contributed by atoms with Gasteiger partial charge < -0.3 is 5.32 Å². The lowest BCUT2D eigenvalue weighted by Crippen LogP contribution is -2.08. The van der Waals surface area contributed by atoms with E-state index in [-0.39, 0.29) is 0 Å². The largest absolute Gasteiger partial charge is 0.379 e. The molecule has 0 aliphatic carbocycles. The molecule has 3 nitrogen and oxygen atoms in total. The Bertz CT molecular complexity index is 499. The van der Waals surface area contributed by atoms with E-state index in [9.17, 15) is 0 Å². The highest BCUT2D eigenvalue weighted by molar-refractivity contribution is 5.82. The number of aryl methyl sites for hydroxylation is 1. The molecule has 1 aromatic heterocycles. The molecule has 0 saturated carbocycles. The summed E-state index contributed by atoms with van der Waals surface area (Å²) in [4.78, 5) is 0. The Labute approximate surface area is 88.5 Å². The molecule has 1 aliphatic rings. The summed E-state index contributed by atoms with van der Waals surface area (Å²) in [6, 6.07) is 6.58. The Balaban J connectivity index is 2.21. The van der Waals surface area contributed by atoms with Crippen LogP contribution < -0.4 is 5.32 Å². The van der Waals surface area contributed by atoms with Crippen LogP contribution in [0.3, 0.4) is 0 Å². The molecule has 0 atom stereocenters. The van der Waals surface area contributed by atoms with Crippen molar-refractivity contribution in [1.82, 2.24) is 10.2 Å². The van der Waals surface area contributed by atoms with Gasteiger partial charge in [-0.1, -0.05) is 13.0 Å². The Hall–Kier alpha value is -1.77. The molecular formula is C12H13N3. The van der Waals surface area contributed by atoms with Gasteiger partial charge in [0.1, 0.15) is 0 Å². The van der Waals surface area contributed by atoms with Crippen molar-refractivity contribution in [2.45, 2.75) is 19.9 Å². The first-order valence-corrected chi connectivity index (χ1v) is 5.28. The van der Waals surface area contributed by atoms with Crippen LogP contribution >= 0.6 is 0 Å². The average molecular weight is 199 g/mol. The highest BCUT2D eigenvalue weighted by atomic mass is 15.1. The van der Waals surface area contributed by atoms with Gasteiger partial charge >= 0.3 is 0 Å². The van der Waals surface area contributed by atoms with Gasteiger partial charge in [-0.05, 0) is 24.1 Å². The highest BCUT2D eigenvalue weighted by Gasteiger charge is 2.16. The maximum atomic E-state index is 4.09. The van der Waals surface area contributed by atoms with Crippen LogP contribution in [0.15, 0.2) is 24.4 Å². The van der Waals surface area contributed by atoms with Crippen LogP contribution in [0, 0.1) is 0 Å². The molecule has 0 bridgehead atoms. The predicted octanol–water partition coefficient (Wildman–Crippen LogP) is 2.56. The molecule has 3 heteroatoms. The zero-order valence-corrected chi connectivity index (χ0v) is 8.67. The second kappa shape index (κ2) is 3.12. The molecule has 1 aliphatic heterocycles. The molecular weight excluding hydrogens is 186 g/mol. The fraction of sp³-hybridized carbons (Fsp3) is 0.250. The lowest BCUT2D eigenvalue weighted by atomic mass is 9.97. The Morgan fingerprint density at radius 1 is 1.33 bits per heavy atom. The zero-order valence-electron chi connectivity index (χ0n) is 8.67. The minimum Gasteiger partial charge on any atom is -0.379 e. The molecule has 0 spiro atoms. The molecule has 76 valence electrons. The van der Waals surface area contributed by atoms with E-state index in [4.69, 9.17) is 0 Å². The second-order valence-electron chi connectivity index (χ2n) is 3.85. The third-order valence-electron chi connectivity index (χ3n) is 2.96. The number of hydrogen-bond donors (Lipinski definition) is 2. The molecule has 2 N–H and O–H groups in total. The van der Waals surface area contributed by atoms with Crippen LogP contribution in [0.5, 0.6) is 0 Å². The van der Waals surface area contributed by atoms with E-state index in [2.05, 4.69) is 40.6 Å². The van der Waals surface area contributed by atoms with Gasteiger partial charge in [-0.25, -0.2) is 0 Å². The van der Waals surface area contributed by atoms with Gasteiger partial charge in [-0.3, -0.25) is 5.10 Å². The minimum atomic E-state index is 0.841. The Morgan fingerprint density at radius 2 is 2.27 bits per heavy atom. The minimum absolute atomic E-state index is 0.841. The Morgan fingerprint density at radius 3 is 3.13 bits per heavy atom. The molecule has 0 saturated heterocycles. The zero-order chi connectivity index (χ0) is 10.3. The lowest BCUT2D eigenvalue weighted by Gasteiger charge is -2.18. The molecule has 2 heterocycles. The van der Waals surface area contributed by atoms with Gasteiger partial charge in [0.2, 0.25) is 0 Å². The van der Waals surface area contributed by atoms with E-state index in [1.807, 2.05) is 6.20 Å². The molecule has 0 unspecified atom stereocenters. The van der Waals surface area contributed by atoms with Gasteiger partial charge in [-0.2, -0.15) is 5.10 Å². The van der Waals surface area contributed by atoms with Crippen LogP contribution in [0.1, 0.15) is 18.2 Å². The van der Waals surface area contributed by atoms with Crippen LogP contribution in [0.4, 0.5) is 5.69 Å². The number of H-pyrrole nitrogens is 1. The van der Waals surface area contributed by atoms with E-state index < -0.39 is 0 Å². The smallest absolute Gasteiger partial charge is 0.0622 e. The fourth-order valence-corrected chi connectivity index (χ4v) is 2.05. The van der Waals surface area contributed by atoms with E-state index in [1.165, 1.54) is 28.1 Å². The second-order valence-corrected chi connectivity index (χ2v) is 3.85. The maximum absolute atomic E-state index is 4.09. The number of nitrogens with zero attached hydrogens (tertiary/aromatic N) is 1. The summed E-state index contributed by atoms with van der Waals surface area (Å²) < 4.78 is 0. The average Bonchev–Trinajstić information content (AvgIpc) is 2.76. The number of aromatic amines is 1. The number of rotatable bonds is 1. The number of hydrogen-bond acceptors (Lipinski definition) is 2. The summed E-state index contributed by atoms with van der Waals surface area (Å²) in [5, 5.41) is 10.5. The van der Waals surface area contributed by atoms with Crippen molar-refractivity contribution < 1.29 is 0 Å². The lowest BCUT2D eigenvalue weighted by molar-refractivity contribution is 0.976. The monoisotopic (exact) mass is 199 g/mol. The fourth-order valence-electron chi connectivity index (χ4n) is 2.05. The van der Waals surface area contributed by atoms with E-state index >= 15 is 0 Å². The first-order chi connectivity index (χ1) is 7.38. The number of anilines is 1. The van der Waals surface area contributed by atoms with Crippen LogP contribution in [0.2, 0.25) is 0 Å². The standard InChI is InChI=1S/C12H13N3/c1-2-8-3-4-11-9(5-8)10-6-14-15-12(10)7-13-11/h3-6,13H,2,7H2,1H3,(H,14,15). The van der Waals surface area contributed by atoms with Crippen molar-refractivity contribution in [3.63, 3.8) is 0 Å². The number of benzene rings is 1. The van der Waals surface area contributed by atoms with Crippen LogP contribution in [-0.4, -0.2) is 10.2 Å². The molecule has 2 aromatic rings. The van der Waals surface area contributed by atoms with E-state index in [1.54, 1.807) is 0 Å². The Kier molecular flexibility index (Phi) is 1.78. The van der Waals surface area contributed by atoms with Crippen molar-refractivity contribution >= 4 is 5.69 Å². The van der Waals surface area contributed by atoms with Crippen molar-refractivity contribution in [2.75, 3.05) is 5.32 Å². The summed E-state index contributed by atoms with van der Waals surface area (Å²) in [6.45, 7) is 3.02. The van der Waals surface area contributed by atoms with Gasteiger partial charge in [0.15, 0.2) is 0 Å². The number of nitrogens with one attached hydrogen (secondary N) is 2. The van der Waals surface area contributed by atoms with E-state index in [0.29, 0.717) is 0 Å². The quantitative estimate of drug-likeness (QED) is 0.741. The van der Waals surface area contributed by atoms with Gasteiger partial charge in [-0.15, -0.1) is 0 Å². The molecule has 0 fully saturated rings. The topological polar surface area (TPSA) is 40.7 Å². The van der Waals surface area contributed by atoms with Gasteiger partial charge in [0.25, 0.3) is 0 Å². The normalized spacial score (nSPS) is 12.9. The maximum Gasteiger partial charge on any atom is 0.0622 e. The summed E-state index contributed by atoms with van der Waals surface area (Å²) in [6.07, 6.45) is 2.98. The number of aromatic nitrogens is 2. The van der Waals surface area contributed by atoms with Crippen LogP contribution in [-0.2, 0) is 13.0 Å².